The minimum absolute atomic E-state index is 0.0780. The lowest BCUT2D eigenvalue weighted by Crippen LogP contribution is -2.18. The lowest BCUT2D eigenvalue weighted by Gasteiger charge is -2.13. The summed E-state index contributed by atoms with van der Waals surface area (Å²) in [7, 11) is 1.34. The average molecular weight is 262 g/mol. The van der Waals surface area contributed by atoms with Crippen molar-refractivity contribution in [2.24, 2.45) is 5.92 Å². The molecule has 0 amide bonds. The first-order chi connectivity index (χ1) is 8.24. The minimum Gasteiger partial charge on any atom is -0.496 e. The number of carbonyl (C=O) groups excluding carboxylic acids is 1. The van der Waals surface area contributed by atoms with Crippen LogP contribution in [-0.2, 0) is 0 Å². The summed E-state index contributed by atoms with van der Waals surface area (Å²) in [6.45, 7) is 3.30. The zero-order valence-corrected chi connectivity index (χ0v) is 10.2. The van der Waals surface area contributed by atoms with E-state index in [4.69, 9.17) is 4.74 Å². The van der Waals surface area contributed by atoms with Crippen LogP contribution in [0.4, 0.5) is 13.2 Å². The lowest BCUT2D eigenvalue weighted by atomic mass is 10.00. The summed E-state index contributed by atoms with van der Waals surface area (Å²) >= 11 is 0. The van der Waals surface area contributed by atoms with Crippen LogP contribution in [-0.4, -0.2) is 19.3 Å². The van der Waals surface area contributed by atoms with Crippen LogP contribution in [0.1, 0.15) is 24.2 Å². The van der Waals surface area contributed by atoms with Crippen LogP contribution >= 0.6 is 0 Å². The molecule has 3 nitrogen and oxygen atoms in total. The second-order valence-corrected chi connectivity index (χ2v) is 3.93. The van der Waals surface area contributed by atoms with E-state index < -0.39 is 12.1 Å². The van der Waals surface area contributed by atoms with Crippen LogP contribution in [0.15, 0.2) is 18.2 Å². The number of Topliss-reactive ketones (excluding diaryl/α,β-unsaturated/α-hetero) is 1. The number of carbonyl (C=O) groups is 1. The highest BCUT2D eigenvalue weighted by atomic mass is 19.4. The van der Waals surface area contributed by atoms with E-state index in [0.717, 1.165) is 12.1 Å². The Bertz CT molecular complexity index is 439. The van der Waals surface area contributed by atoms with E-state index >= 15 is 0 Å². The van der Waals surface area contributed by atoms with E-state index in [-0.39, 0.29) is 23.0 Å². The first-order valence-corrected chi connectivity index (χ1v) is 5.22. The predicted molar refractivity (Wildman–Crippen MR) is 58.8 cm³/mol. The number of methoxy groups -OCH3 is 1. The van der Waals surface area contributed by atoms with Gasteiger partial charge in [-0.05, 0) is 18.2 Å². The average Bonchev–Trinajstić information content (AvgIpc) is 2.25. The summed E-state index contributed by atoms with van der Waals surface area (Å²) in [5.41, 5.74) is 0.0780. The van der Waals surface area contributed by atoms with Crippen LogP contribution < -0.4 is 9.47 Å². The van der Waals surface area contributed by atoms with Gasteiger partial charge in [0.15, 0.2) is 5.78 Å². The molecule has 0 heterocycles. The largest absolute Gasteiger partial charge is 0.573 e. The number of benzene rings is 1. The Labute approximate surface area is 103 Å². The molecule has 0 atom stereocenters. The van der Waals surface area contributed by atoms with Gasteiger partial charge >= 0.3 is 6.36 Å². The number of hydrogen-bond acceptors (Lipinski definition) is 3. The molecule has 0 aliphatic rings. The van der Waals surface area contributed by atoms with Crippen molar-refractivity contribution in [2.75, 3.05) is 7.11 Å². The Kier molecular flexibility index (Phi) is 4.21. The standard InChI is InChI=1S/C12H13F3O3/c1-7(2)11(16)9-6-8(18-12(13,14)15)4-5-10(9)17-3/h4-7H,1-3H3. The second-order valence-electron chi connectivity index (χ2n) is 3.93. The van der Waals surface area contributed by atoms with Gasteiger partial charge in [0.1, 0.15) is 11.5 Å². The van der Waals surface area contributed by atoms with E-state index in [1.54, 1.807) is 13.8 Å². The Balaban J connectivity index is 3.14. The minimum atomic E-state index is -4.78. The first-order valence-electron chi connectivity index (χ1n) is 5.22. The highest BCUT2D eigenvalue weighted by Crippen LogP contribution is 2.29. The first kappa shape index (κ1) is 14.3. The SMILES string of the molecule is COc1ccc(OC(F)(F)F)cc1C(=O)C(C)C. The van der Waals surface area contributed by atoms with Gasteiger partial charge < -0.3 is 9.47 Å². The number of halogens is 3. The van der Waals surface area contributed by atoms with Crippen LogP contribution in [0.3, 0.4) is 0 Å². The molecule has 0 fully saturated rings. The maximum atomic E-state index is 12.1. The van der Waals surface area contributed by atoms with Gasteiger partial charge in [-0.2, -0.15) is 0 Å². The van der Waals surface area contributed by atoms with Gasteiger partial charge in [-0.25, -0.2) is 0 Å². The Morgan fingerprint density at radius 1 is 1.28 bits per heavy atom. The molecular formula is C12H13F3O3. The zero-order valence-electron chi connectivity index (χ0n) is 10.2. The molecule has 0 aromatic heterocycles. The number of hydrogen-bond donors (Lipinski definition) is 0. The van der Waals surface area contributed by atoms with E-state index in [1.165, 1.54) is 13.2 Å². The van der Waals surface area contributed by atoms with Gasteiger partial charge in [-0.3, -0.25) is 4.79 Å². The molecule has 0 saturated carbocycles. The zero-order chi connectivity index (χ0) is 13.9. The Morgan fingerprint density at radius 2 is 1.89 bits per heavy atom. The van der Waals surface area contributed by atoms with E-state index in [9.17, 15) is 18.0 Å². The van der Waals surface area contributed by atoms with Crippen molar-refractivity contribution in [3.05, 3.63) is 23.8 Å². The molecule has 18 heavy (non-hydrogen) atoms. The quantitative estimate of drug-likeness (QED) is 0.780. The van der Waals surface area contributed by atoms with Gasteiger partial charge in [0.2, 0.25) is 0 Å². The molecule has 1 rings (SSSR count). The molecule has 0 aliphatic heterocycles. The van der Waals surface area contributed by atoms with E-state index in [2.05, 4.69) is 4.74 Å². The van der Waals surface area contributed by atoms with Gasteiger partial charge in [-0.15, -0.1) is 13.2 Å². The fourth-order valence-corrected chi connectivity index (χ4v) is 1.39. The molecular weight excluding hydrogens is 249 g/mol. The number of rotatable bonds is 4. The van der Waals surface area contributed by atoms with Crippen molar-refractivity contribution in [1.29, 1.82) is 0 Å². The van der Waals surface area contributed by atoms with Crippen LogP contribution in [0.2, 0.25) is 0 Å². The summed E-state index contributed by atoms with van der Waals surface area (Å²) in [5, 5.41) is 0. The Morgan fingerprint density at radius 3 is 2.33 bits per heavy atom. The van der Waals surface area contributed by atoms with Crippen LogP contribution in [0.5, 0.6) is 11.5 Å². The summed E-state index contributed by atoms with van der Waals surface area (Å²) in [5.74, 6) is -0.866. The van der Waals surface area contributed by atoms with Crippen molar-refractivity contribution < 1.29 is 27.4 Å². The van der Waals surface area contributed by atoms with Crippen LogP contribution in [0, 0.1) is 5.92 Å². The predicted octanol–water partition coefficient (Wildman–Crippen LogP) is 3.43. The van der Waals surface area contributed by atoms with Crippen molar-refractivity contribution >= 4 is 5.78 Å². The third kappa shape index (κ3) is 3.65. The van der Waals surface area contributed by atoms with Crippen molar-refractivity contribution in [2.45, 2.75) is 20.2 Å². The molecule has 100 valence electrons. The normalized spacial score (nSPS) is 11.5. The summed E-state index contributed by atoms with van der Waals surface area (Å²) < 4.78 is 44.9. The topological polar surface area (TPSA) is 35.5 Å². The number of ketones is 1. The number of alkyl halides is 3. The van der Waals surface area contributed by atoms with Gasteiger partial charge in [0.05, 0.1) is 12.7 Å². The molecule has 6 heteroatoms. The summed E-state index contributed by atoms with van der Waals surface area (Å²) in [6, 6.07) is 3.41. The van der Waals surface area contributed by atoms with Crippen LogP contribution in [0.25, 0.3) is 0 Å². The molecule has 0 aliphatic carbocycles. The smallest absolute Gasteiger partial charge is 0.496 e. The van der Waals surface area contributed by atoms with Gasteiger partial charge in [-0.1, -0.05) is 13.8 Å². The molecule has 0 radical (unpaired) electrons. The Hall–Kier alpha value is -1.72. The van der Waals surface area contributed by atoms with Gasteiger partial charge in [0, 0.05) is 5.92 Å². The highest BCUT2D eigenvalue weighted by Gasteiger charge is 2.31. The fraction of sp³-hybridized carbons (Fsp3) is 0.417. The highest BCUT2D eigenvalue weighted by molar-refractivity contribution is 6.00. The maximum Gasteiger partial charge on any atom is 0.573 e. The second kappa shape index (κ2) is 5.29. The number of ether oxygens (including phenoxy) is 2. The maximum absolute atomic E-state index is 12.1. The third-order valence-electron chi connectivity index (χ3n) is 2.19. The van der Waals surface area contributed by atoms with Gasteiger partial charge in [0.25, 0.3) is 0 Å². The van der Waals surface area contributed by atoms with Crippen molar-refractivity contribution in [1.82, 2.24) is 0 Å². The summed E-state index contributed by atoms with van der Waals surface area (Å²) in [6.07, 6.45) is -4.78. The molecule has 0 bridgehead atoms. The molecule has 0 spiro atoms. The molecule has 1 aromatic rings. The molecule has 0 saturated heterocycles. The van der Waals surface area contributed by atoms with Crippen molar-refractivity contribution in [3.63, 3.8) is 0 Å². The van der Waals surface area contributed by atoms with E-state index in [1.807, 2.05) is 0 Å². The summed E-state index contributed by atoms with van der Waals surface area (Å²) in [4.78, 5) is 11.8. The lowest BCUT2D eigenvalue weighted by molar-refractivity contribution is -0.274. The molecule has 0 unspecified atom stereocenters. The fourth-order valence-electron chi connectivity index (χ4n) is 1.39. The van der Waals surface area contributed by atoms with E-state index in [0.29, 0.717) is 0 Å². The molecule has 0 N–H and O–H groups in total. The molecule has 1 aromatic carbocycles. The monoisotopic (exact) mass is 262 g/mol. The third-order valence-corrected chi connectivity index (χ3v) is 2.19. The van der Waals surface area contributed by atoms with Crippen molar-refractivity contribution in [3.8, 4) is 11.5 Å².